The quantitative estimate of drug-likeness (QED) is 0.376. The van der Waals surface area contributed by atoms with Crippen molar-refractivity contribution in [3.8, 4) is 0 Å². The lowest BCUT2D eigenvalue weighted by Crippen LogP contribution is -2.26. The number of hydrogen-bond acceptors (Lipinski definition) is 6. The van der Waals surface area contributed by atoms with Crippen molar-refractivity contribution in [3.05, 3.63) is 46.2 Å². The van der Waals surface area contributed by atoms with E-state index < -0.39 is 0 Å². The van der Waals surface area contributed by atoms with Crippen LogP contribution in [0.2, 0.25) is 10.0 Å². The number of rotatable bonds is 10. The van der Waals surface area contributed by atoms with Gasteiger partial charge in [-0.3, -0.25) is 9.59 Å². The average Bonchev–Trinajstić information content (AvgIpc) is 2.72. The second-order valence-electron chi connectivity index (χ2n) is 6.23. The number of hydrogen-bond donors (Lipinski definition) is 3. The van der Waals surface area contributed by atoms with Crippen molar-refractivity contribution in [2.45, 2.75) is 19.3 Å². The molecule has 0 aliphatic carbocycles. The van der Waals surface area contributed by atoms with Gasteiger partial charge in [-0.05, 0) is 31.4 Å². The van der Waals surface area contributed by atoms with Crippen LogP contribution < -0.4 is 15.5 Å². The van der Waals surface area contributed by atoms with Gasteiger partial charge in [0.2, 0.25) is 11.9 Å². The van der Waals surface area contributed by atoms with Crippen molar-refractivity contribution in [1.29, 1.82) is 0 Å². The molecule has 1 aromatic heterocycles. The predicted molar refractivity (Wildman–Crippen MR) is 120 cm³/mol. The molecule has 0 saturated carbocycles. The monoisotopic (exact) mass is 455 g/mol. The summed E-state index contributed by atoms with van der Waals surface area (Å²) in [6.45, 7) is 1.15. The zero-order valence-electron chi connectivity index (χ0n) is 16.0. The Labute approximate surface area is 185 Å². The van der Waals surface area contributed by atoms with E-state index in [2.05, 4.69) is 33.2 Å². The van der Waals surface area contributed by atoms with Gasteiger partial charge >= 0.3 is 0 Å². The minimum atomic E-state index is -0.238. The standard InChI is InChI=1S/C19H23Cl2N5O2S/c1-26(17-14(20)6-5-7-15(17)21)19-24-10-13(11-25-19)18(28)23-9-4-2-3-8-22-16(27)12-29/h5-7,10-11,29H,2-4,8-9,12H2,1H3,(H,22,27)(H,23,28). The largest absolute Gasteiger partial charge is 0.355 e. The molecule has 156 valence electrons. The smallest absolute Gasteiger partial charge is 0.254 e. The van der Waals surface area contributed by atoms with Crippen LogP contribution in [0, 0.1) is 0 Å². The van der Waals surface area contributed by atoms with Crippen LogP contribution in [0.25, 0.3) is 0 Å². The number of amides is 2. The molecule has 0 fully saturated rings. The van der Waals surface area contributed by atoms with E-state index in [1.807, 2.05) is 0 Å². The van der Waals surface area contributed by atoms with Crippen LogP contribution in [0.15, 0.2) is 30.6 Å². The molecule has 2 N–H and O–H groups in total. The summed E-state index contributed by atoms with van der Waals surface area (Å²) in [5.74, 6) is 0.253. The molecule has 29 heavy (non-hydrogen) atoms. The summed E-state index contributed by atoms with van der Waals surface area (Å²) in [6.07, 6.45) is 5.49. The summed E-state index contributed by atoms with van der Waals surface area (Å²) in [4.78, 5) is 33.4. The fraction of sp³-hybridized carbons (Fsp3) is 0.368. The molecule has 0 saturated heterocycles. The molecule has 7 nitrogen and oxygen atoms in total. The molecule has 2 aromatic rings. The Balaban J connectivity index is 1.81. The molecule has 10 heteroatoms. The molecule has 2 rings (SSSR count). The molecule has 0 unspecified atom stereocenters. The van der Waals surface area contributed by atoms with Gasteiger partial charge in [0.1, 0.15) is 0 Å². The van der Waals surface area contributed by atoms with Crippen LogP contribution in [-0.2, 0) is 4.79 Å². The third-order valence-electron chi connectivity index (χ3n) is 4.08. The molecule has 0 atom stereocenters. The SMILES string of the molecule is CN(c1ncc(C(=O)NCCCCCNC(=O)CS)cn1)c1c(Cl)cccc1Cl. The van der Waals surface area contributed by atoms with Gasteiger partial charge in [0, 0.05) is 32.5 Å². The Kier molecular flexibility index (Phi) is 9.50. The number of carbonyl (C=O) groups excluding carboxylic acids is 2. The molecule has 0 aliphatic heterocycles. The Bertz CT molecular complexity index is 816. The molecule has 1 heterocycles. The Hall–Kier alpha value is -2.03. The van der Waals surface area contributed by atoms with Crippen LogP contribution in [-0.4, -0.2) is 47.7 Å². The summed E-state index contributed by atoms with van der Waals surface area (Å²) in [7, 11) is 1.75. The minimum absolute atomic E-state index is 0.0764. The van der Waals surface area contributed by atoms with Crippen LogP contribution in [0.3, 0.4) is 0 Å². The zero-order chi connectivity index (χ0) is 21.2. The summed E-state index contributed by atoms with van der Waals surface area (Å²) in [5, 5.41) is 6.55. The highest BCUT2D eigenvalue weighted by Gasteiger charge is 2.15. The van der Waals surface area contributed by atoms with E-state index in [-0.39, 0.29) is 17.6 Å². The lowest BCUT2D eigenvalue weighted by atomic mass is 10.2. The number of nitrogens with one attached hydrogen (secondary N) is 2. The van der Waals surface area contributed by atoms with E-state index in [1.54, 1.807) is 30.1 Å². The van der Waals surface area contributed by atoms with Crippen molar-refractivity contribution in [1.82, 2.24) is 20.6 Å². The maximum absolute atomic E-state index is 12.2. The van der Waals surface area contributed by atoms with Crippen LogP contribution >= 0.6 is 35.8 Å². The predicted octanol–water partition coefficient (Wildman–Crippen LogP) is 3.50. The van der Waals surface area contributed by atoms with Gasteiger partial charge in [0.15, 0.2) is 0 Å². The maximum atomic E-state index is 12.2. The first-order chi connectivity index (χ1) is 13.9. The topological polar surface area (TPSA) is 87.2 Å². The molecule has 1 aromatic carbocycles. The highest BCUT2D eigenvalue weighted by molar-refractivity contribution is 7.81. The normalized spacial score (nSPS) is 10.5. The van der Waals surface area contributed by atoms with Gasteiger partial charge < -0.3 is 15.5 Å². The number of nitrogens with zero attached hydrogens (tertiary/aromatic N) is 3. The van der Waals surface area contributed by atoms with E-state index in [0.29, 0.717) is 40.3 Å². The van der Waals surface area contributed by atoms with Crippen LogP contribution in [0.1, 0.15) is 29.6 Å². The van der Waals surface area contributed by atoms with Gasteiger partial charge in [-0.15, -0.1) is 0 Å². The number of benzene rings is 1. The van der Waals surface area contributed by atoms with Gasteiger partial charge in [-0.2, -0.15) is 12.6 Å². The lowest BCUT2D eigenvalue weighted by Gasteiger charge is -2.19. The molecule has 0 bridgehead atoms. The first kappa shape index (κ1) is 23.3. The fourth-order valence-corrected chi connectivity index (χ4v) is 3.30. The Morgan fingerprint density at radius 2 is 1.62 bits per heavy atom. The lowest BCUT2D eigenvalue weighted by molar-refractivity contribution is -0.118. The highest BCUT2D eigenvalue weighted by Crippen LogP contribution is 2.35. The Morgan fingerprint density at radius 1 is 1.03 bits per heavy atom. The van der Waals surface area contributed by atoms with Crippen molar-refractivity contribution < 1.29 is 9.59 Å². The number of unbranched alkanes of at least 4 members (excludes halogenated alkanes) is 2. The average molecular weight is 456 g/mol. The number of anilines is 2. The third kappa shape index (κ3) is 7.06. The summed E-state index contributed by atoms with van der Waals surface area (Å²) in [6, 6.07) is 5.22. The fourth-order valence-electron chi connectivity index (χ4n) is 2.54. The number of aromatic nitrogens is 2. The van der Waals surface area contributed by atoms with Gasteiger partial charge in [0.25, 0.3) is 5.91 Å². The Morgan fingerprint density at radius 3 is 2.21 bits per heavy atom. The van der Waals surface area contributed by atoms with Crippen molar-refractivity contribution in [2.75, 3.05) is 30.8 Å². The molecule has 0 radical (unpaired) electrons. The van der Waals surface area contributed by atoms with E-state index in [9.17, 15) is 9.59 Å². The molecule has 0 aliphatic rings. The summed E-state index contributed by atoms with van der Waals surface area (Å²) >= 11 is 16.3. The van der Waals surface area contributed by atoms with Gasteiger partial charge in [-0.1, -0.05) is 29.3 Å². The van der Waals surface area contributed by atoms with E-state index in [4.69, 9.17) is 23.2 Å². The van der Waals surface area contributed by atoms with E-state index >= 15 is 0 Å². The number of thiol groups is 1. The van der Waals surface area contributed by atoms with Gasteiger partial charge in [0.05, 0.1) is 27.0 Å². The second-order valence-corrected chi connectivity index (χ2v) is 7.36. The first-order valence-electron chi connectivity index (χ1n) is 9.09. The molecule has 2 amide bonds. The minimum Gasteiger partial charge on any atom is -0.355 e. The zero-order valence-corrected chi connectivity index (χ0v) is 18.4. The van der Waals surface area contributed by atoms with Crippen LogP contribution in [0.5, 0.6) is 0 Å². The summed E-state index contributed by atoms with van der Waals surface area (Å²) in [5.41, 5.74) is 0.965. The molecular weight excluding hydrogens is 433 g/mol. The van der Waals surface area contributed by atoms with Crippen molar-refractivity contribution >= 4 is 59.3 Å². The highest BCUT2D eigenvalue weighted by atomic mass is 35.5. The van der Waals surface area contributed by atoms with E-state index in [1.165, 1.54) is 12.4 Å². The first-order valence-corrected chi connectivity index (χ1v) is 10.5. The maximum Gasteiger partial charge on any atom is 0.254 e. The second kappa shape index (κ2) is 11.8. The molecule has 0 spiro atoms. The number of para-hydroxylation sites is 1. The number of halogens is 2. The van der Waals surface area contributed by atoms with Crippen molar-refractivity contribution in [3.63, 3.8) is 0 Å². The van der Waals surface area contributed by atoms with E-state index in [0.717, 1.165) is 19.3 Å². The van der Waals surface area contributed by atoms with Gasteiger partial charge in [-0.25, -0.2) is 9.97 Å². The summed E-state index contributed by atoms with van der Waals surface area (Å²) < 4.78 is 0. The number of carbonyl (C=O) groups is 2. The third-order valence-corrected chi connectivity index (χ3v) is 4.98. The van der Waals surface area contributed by atoms with Crippen molar-refractivity contribution in [2.24, 2.45) is 0 Å². The molecular formula is C19H23Cl2N5O2S. The van der Waals surface area contributed by atoms with Crippen LogP contribution in [0.4, 0.5) is 11.6 Å².